The number of nitrogens with zero attached hydrogens (tertiary/aromatic N) is 4. The van der Waals surface area contributed by atoms with E-state index in [0.717, 1.165) is 34.3 Å². The molecule has 1 aliphatic carbocycles. The maximum absolute atomic E-state index is 12.7. The highest BCUT2D eigenvalue weighted by Crippen LogP contribution is 2.32. The predicted molar refractivity (Wildman–Crippen MR) is 121 cm³/mol. The average molecular weight is 409 g/mol. The molecular weight excluding hydrogens is 386 g/mol. The minimum Gasteiger partial charge on any atom is -0.294 e. The maximum Gasteiger partial charge on any atom is 0.230 e. The van der Waals surface area contributed by atoms with Crippen LogP contribution < -0.4 is 5.32 Å². The van der Waals surface area contributed by atoms with E-state index < -0.39 is 0 Å². The molecule has 6 heteroatoms. The van der Waals surface area contributed by atoms with E-state index in [2.05, 4.69) is 56.4 Å². The van der Waals surface area contributed by atoms with Gasteiger partial charge in [0, 0.05) is 18.0 Å². The van der Waals surface area contributed by atoms with Gasteiger partial charge >= 0.3 is 0 Å². The second kappa shape index (κ2) is 7.87. The Balaban J connectivity index is 1.44. The standard InChI is InChI=1S/C25H23N5O/c1-3-16-9-10-21-19(11-16)15(2)27-25(28-21)30-24-26-14-20-22(29-24)12-18(13-23(20)31)17-7-5-4-6-8-17/h4-11,14,18H,3,12-13H2,1-2H3,(H,26,27,28,29,30). The van der Waals surface area contributed by atoms with E-state index in [9.17, 15) is 4.79 Å². The van der Waals surface area contributed by atoms with Crippen LogP contribution in [0.1, 0.15) is 52.1 Å². The van der Waals surface area contributed by atoms with Gasteiger partial charge in [-0.25, -0.2) is 19.9 Å². The number of anilines is 2. The van der Waals surface area contributed by atoms with E-state index >= 15 is 0 Å². The van der Waals surface area contributed by atoms with Crippen molar-refractivity contribution in [3.05, 3.63) is 82.8 Å². The molecule has 0 saturated heterocycles. The quantitative estimate of drug-likeness (QED) is 0.514. The number of aromatic nitrogens is 4. The van der Waals surface area contributed by atoms with E-state index in [1.807, 2.05) is 31.2 Å². The van der Waals surface area contributed by atoms with Crippen molar-refractivity contribution in [3.8, 4) is 0 Å². The van der Waals surface area contributed by atoms with Crippen LogP contribution in [-0.4, -0.2) is 25.7 Å². The van der Waals surface area contributed by atoms with Crippen molar-refractivity contribution in [2.45, 2.75) is 39.0 Å². The number of nitrogens with one attached hydrogen (secondary N) is 1. The molecule has 0 radical (unpaired) electrons. The summed E-state index contributed by atoms with van der Waals surface area (Å²) in [6.45, 7) is 4.11. The van der Waals surface area contributed by atoms with Crippen LogP contribution in [0.15, 0.2) is 54.7 Å². The lowest BCUT2D eigenvalue weighted by Gasteiger charge is -2.23. The Bertz CT molecular complexity index is 1290. The largest absolute Gasteiger partial charge is 0.294 e. The van der Waals surface area contributed by atoms with Gasteiger partial charge in [-0.3, -0.25) is 10.1 Å². The van der Waals surface area contributed by atoms with Gasteiger partial charge in [-0.05, 0) is 48.9 Å². The topological polar surface area (TPSA) is 80.7 Å². The minimum atomic E-state index is 0.0891. The Morgan fingerprint density at radius 3 is 2.65 bits per heavy atom. The molecular formula is C25H23N5O. The fourth-order valence-corrected chi connectivity index (χ4v) is 4.17. The zero-order valence-electron chi connectivity index (χ0n) is 17.6. The molecule has 2 aromatic carbocycles. The SMILES string of the molecule is CCc1ccc2nc(Nc3ncc4c(n3)CC(c3ccccc3)CC4=O)nc(C)c2c1. The minimum absolute atomic E-state index is 0.0891. The van der Waals surface area contributed by atoms with Crippen LogP contribution in [0.5, 0.6) is 0 Å². The third-order valence-corrected chi connectivity index (χ3v) is 5.89. The molecule has 0 aliphatic heterocycles. The number of rotatable bonds is 4. The molecule has 0 amide bonds. The van der Waals surface area contributed by atoms with Crippen LogP contribution in [0, 0.1) is 6.92 Å². The van der Waals surface area contributed by atoms with Crippen molar-refractivity contribution in [2.75, 3.05) is 5.32 Å². The normalized spacial score (nSPS) is 15.7. The second-order valence-electron chi connectivity index (χ2n) is 7.96. The monoisotopic (exact) mass is 409 g/mol. The fourth-order valence-electron chi connectivity index (χ4n) is 4.17. The molecule has 2 aromatic heterocycles. The number of carbonyl (C=O) groups is 1. The number of ketones is 1. The first kappa shape index (κ1) is 19.3. The first-order chi connectivity index (χ1) is 15.1. The average Bonchev–Trinajstić information content (AvgIpc) is 2.79. The van der Waals surface area contributed by atoms with Crippen LogP contribution in [0.25, 0.3) is 10.9 Å². The Kier molecular flexibility index (Phi) is 4.90. The summed E-state index contributed by atoms with van der Waals surface area (Å²) in [7, 11) is 0. The molecule has 6 nitrogen and oxygen atoms in total. The van der Waals surface area contributed by atoms with Gasteiger partial charge in [0.1, 0.15) is 0 Å². The highest BCUT2D eigenvalue weighted by molar-refractivity contribution is 5.98. The number of fused-ring (bicyclic) bond motifs is 2. The summed E-state index contributed by atoms with van der Waals surface area (Å²) in [5, 5.41) is 4.18. The number of hydrogen-bond acceptors (Lipinski definition) is 6. The smallest absolute Gasteiger partial charge is 0.230 e. The van der Waals surface area contributed by atoms with Crippen LogP contribution in [0.2, 0.25) is 0 Å². The van der Waals surface area contributed by atoms with Crippen LogP contribution >= 0.6 is 0 Å². The van der Waals surface area contributed by atoms with E-state index in [4.69, 9.17) is 0 Å². The highest BCUT2D eigenvalue weighted by atomic mass is 16.1. The lowest BCUT2D eigenvalue weighted by atomic mass is 9.82. The summed E-state index contributed by atoms with van der Waals surface area (Å²) < 4.78 is 0. The van der Waals surface area contributed by atoms with Crippen molar-refractivity contribution >= 4 is 28.6 Å². The maximum atomic E-state index is 12.7. The van der Waals surface area contributed by atoms with Crippen molar-refractivity contribution < 1.29 is 4.79 Å². The second-order valence-corrected chi connectivity index (χ2v) is 7.96. The molecule has 0 spiro atoms. The van der Waals surface area contributed by atoms with E-state index in [0.29, 0.717) is 30.3 Å². The molecule has 4 aromatic rings. The van der Waals surface area contributed by atoms with Crippen molar-refractivity contribution in [1.82, 2.24) is 19.9 Å². The van der Waals surface area contributed by atoms with Gasteiger partial charge in [0.2, 0.25) is 11.9 Å². The van der Waals surface area contributed by atoms with Gasteiger partial charge in [0.05, 0.1) is 22.5 Å². The summed E-state index contributed by atoms with van der Waals surface area (Å²) in [6, 6.07) is 16.4. The third-order valence-electron chi connectivity index (χ3n) is 5.89. The Labute approximate surface area is 180 Å². The van der Waals surface area contributed by atoms with Gasteiger partial charge in [0.25, 0.3) is 0 Å². The third kappa shape index (κ3) is 3.77. The molecule has 5 rings (SSSR count). The molecule has 1 aliphatic rings. The Morgan fingerprint density at radius 1 is 1.00 bits per heavy atom. The molecule has 2 heterocycles. The molecule has 0 saturated carbocycles. The predicted octanol–water partition coefficient (Wildman–Crippen LogP) is 4.95. The van der Waals surface area contributed by atoms with Crippen molar-refractivity contribution in [2.24, 2.45) is 0 Å². The molecule has 0 bridgehead atoms. The number of benzene rings is 2. The van der Waals surface area contributed by atoms with E-state index in [1.54, 1.807) is 6.20 Å². The first-order valence-electron chi connectivity index (χ1n) is 10.6. The lowest BCUT2D eigenvalue weighted by molar-refractivity contribution is 0.0962. The summed E-state index contributed by atoms with van der Waals surface area (Å²) in [4.78, 5) is 30.9. The number of Topliss-reactive ketones (excluding diaryl/α,β-unsaturated/α-hetero) is 1. The zero-order valence-corrected chi connectivity index (χ0v) is 17.6. The summed E-state index contributed by atoms with van der Waals surface area (Å²) >= 11 is 0. The van der Waals surface area contributed by atoms with Gasteiger partial charge in [0.15, 0.2) is 5.78 Å². The van der Waals surface area contributed by atoms with E-state index in [1.165, 1.54) is 5.56 Å². The van der Waals surface area contributed by atoms with Crippen LogP contribution in [-0.2, 0) is 12.8 Å². The van der Waals surface area contributed by atoms with Gasteiger partial charge in [-0.1, -0.05) is 43.3 Å². The zero-order chi connectivity index (χ0) is 21.4. The Morgan fingerprint density at radius 2 is 1.84 bits per heavy atom. The Hall–Kier alpha value is -3.67. The van der Waals surface area contributed by atoms with Crippen molar-refractivity contribution in [1.29, 1.82) is 0 Å². The molecule has 31 heavy (non-hydrogen) atoms. The van der Waals surface area contributed by atoms with Gasteiger partial charge < -0.3 is 0 Å². The molecule has 0 fully saturated rings. The molecule has 1 unspecified atom stereocenters. The van der Waals surface area contributed by atoms with Crippen LogP contribution in [0.3, 0.4) is 0 Å². The summed E-state index contributed by atoms with van der Waals surface area (Å²) in [5.41, 5.74) is 5.59. The number of aryl methyl sites for hydroxylation is 2. The molecule has 1 N–H and O–H groups in total. The first-order valence-corrected chi connectivity index (χ1v) is 10.6. The number of hydrogen-bond donors (Lipinski definition) is 1. The molecule has 1 atom stereocenters. The van der Waals surface area contributed by atoms with E-state index in [-0.39, 0.29) is 11.7 Å². The summed E-state index contributed by atoms with van der Waals surface area (Å²) in [6.07, 6.45) is 3.79. The number of carbonyl (C=O) groups excluding carboxylic acids is 1. The summed E-state index contributed by atoms with van der Waals surface area (Å²) in [5.74, 6) is 1.09. The van der Waals surface area contributed by atoms with Gasteiger partial charge in [-0.15, -0.1) is 0 Å². The van der Waals surface area contributed by atoms with Crippen LogP contribution in [0.4, 0.5) is 11.9 Å². The molecule has 154 valence electrons. The lowest BCUT2D eigenvalue weighted by Crippen LogP contribution is -2.21. The van der Waals surface area contributed by atoms with Gasteiger partial charge in [-0.2, -0.15) is 0 Å². The highest BCUT2D eigenvalue weighted by Gasteiger charge is 2.28. The fraction of sp³-hybridized carbons (Fsp3) is 0.240. The van der Waals surface area contributed by atoms with Crippen molar-refractivity contribution in [3.63, 3.8) is 0 Å².